The molecule has 1 N–H and O–H groups in total. The van der Waals surface area contributed by atoms with E-state index in [0.29, 0.717) is 6.54 Å². The van der Waals surface area contributed by atoms with Crippen LogP contribution in [0.1, 0.15) is 19.0 Å². The summed E-state index contributed by atoms with van der Waals surface area (Å²) in [5.41, 5.74) is 1.56. The predicted octanol–water partition coefficient (Wildman–Crippen LogP) is 2.83. The Morgan fingerprint density at radius 2 is 2.33 bits per heavy atom. The van der Waals surface area contributed by atoms with Gasteiger partial charge in [-0.05, 0) is 24.6 Å². The number of anilines is 1. The van der Waals surface area contributed by atoms with Gasteiger partial charge in [0, 0.05) is 25.4 Å². The molecule has 21 heavy (non-hydrogen) atoms. The lowest BCUT2D eigenvalue weighted by Gasteiger charge is -2.20. The molecule has 5 nitrogen and oxygen atoms in total. The first kappa shape index (κ1) is 14.8. The molecule has 0 unspecified atom stereocenters. The zero-order valence-electron chi connectivity index (χ0n) is 12.1. The summed E-state index contributed by atoms with van der Waals surface area (Å²) in [6, 6.07) is 5.71. The Bertz CT molecular complexity index is 673. The molecule has 0 fully saturated rings. The molecular formula is C16H19N3O2. The number of fused-ring (bicyclic) bond motifs is 1. The number of nitrogens with zero attached hydrogens (tertiary/aromatic N) is 3. The number of rotatable bonds is 7. The highest BCUT2D eigenvalue weighted by atomic mass is 16.4. The molecule has 2 aromatic heterocycles. The van der Waals surface area contributed by atoms with Crippen LogP contribution in [0.2, 0.25) is 0 Å². The van der Waals surface area contributed by atoms with Gasteiger partial charge in [-0.3, -0.25) is 4.40 Å². The second-order valence-corrected chi connectivity index (χ2v) is 4.66. The second-order valence-electron chi connectivity index (χ2n) is 4.66. The van der Waals surface area contributed by atoms with Crippen molar-refractivity contribution in [1.29, 1.82) is 0 Å². The van der Waals surface area contributed by atoms with E-state index in [1.165, 1.54) is 0 Å². The quantitative estimate of drug-likeness (QED) is 0.628. The summed E-state index contributed by atoms with van der Waals surface area (Å²) in [6.45, 7) is 7.38. The Labute approximate surface area is 123 Å². The van der Waals surface area contributed by atoms with E-state index < -0.39 is 5.97 Å². The van der Waals surface area contributed by atoms with Gasteiger partial charge in [-0.1, -0.05) is 19.1 Å². The Morgan fingerprint density at radius 3 is 3.00 bits per heavy atom. The van der Waals surface area contributed by atoms with Gasteiger partial charge >= 0.3 is 5.97 Å². The number of pyridine rings is 1. The van der Waals surface area contributed by atoms with Crippen LogP contribution in [0.3, 0.4) is 0 Å². The molecule has 2 heterocycles. The average molecular weight is 285 g/mol. The summed E-state index contributed by atoms with van der Waals surface area (Å²) in [5, 5.41) is 8.87. The standard InChI is InChI=1S/C16H19N3O2/c1-3-10-18(11-4-2)16-13(8-9-15(20)21)19-12-6-5-7-14(19)17-16/h3,5-9,12H,1,4,10-11H2,2H3,(H,20,21)/b9-8+. The molecule has 0 atom stereocenters. The van der Waals surface area contributed by atoms with E-state index in [-0.39, 0.29) is 0 Å². The Kier molecular flexibility index (Phi) is 4.77. The van der Waals surface area contributed by atoms with Gasteiger partial charge in [-0.2, -0.15) is 0 Å². The molecule has 0 spiro atoms. The molecule has 110 valence electrons. The van der Waals surface area contributed by atoms with Gasteiger partial charge in [0.05, 0.1) is 5.69 Å². The number of hydrogen-bond acceptors (Lipinski definition) is 3. The SMILES string of the molecule is C=CCN(CCC)c1nc2ccccn2c1/C=C/C(=O)O. The highest BCUT2D eigenvalue weighted by Crippen LogP contribution is 2.23. The van der Waals surface area contributed by atoms with E-state index in [2.05, 4.69) is 23.4 Å². The van der Waals surface area contributed by atoms with Crippen LogP contribution in [0.5, 0.6) is 0 Å². The Morgan fingerprint density at radius 1 is 1.52 bits per heavy atom. The third kappa shape index (κ3) is 3.31. The fourth-order valence-electron chi connectivity index (χ4n) is 2.25. The van der Waals surface area contributed by atoms with Crippen LogP contribution in [0, 0.1) is 0 Å². The molecule has 0 radical (unpaired) electrons. The average Bonchev–Trinajstić information content (AvgIpc) is 2.83. The zero-order valence-corrected chi connectivity index (χ0v) is 12.1. The van der Waals surface area contributed by atoms with Crippen molar-refractivity contribution in [1.82, 2.24) is 9.38 Å². The molecule has 0 aliphatic heterocycles. The summed E-state index contributed by atoms with van der Waals surface area (Å²) >= 11 is 0. The fourth-order valence-corrected chi connectivity index (χ4v) is 2.25. The number of carbonyl (C=O) groups is 1. The van der Waals surface area contributed by atoms with E-state index in [9.17, 15) is 4.79 Å². The van der Waals surface area contributed by atoms with E-state index >= 15 is 0 Å². The van der Waals surface area contributed by atoms with E-state index in [0.717, 1.165) is 36.2 Å². The maximum atomic E-state index is 10.8. The van der Waals surface area contributed by atoms with Crippen LogP contribution in [0.25, 0.3) is 11.7 Å². The van der Waals surface area contributed by atoms with E-state index in [1.807, 2.05) is 34.9 Å². The van der Waals surface area contributed by atoms with Crippen LogP contribution >= 0.6 is 0 Å². The Balaban J connectivity index is 2.56. The zero-order chi connectivity index (χ0) is 15.2. The smallest absolute Gasteiger partial charge is 0.328 e. The number of aromatic nitrogens is 2. The van der Waals surface area contributed by atoms with Crippen molar-refractivity contribution in [2.24, 2.45) is 0 Å². The molecule has 0 aliphatic carbocycles. The van der Waals surface area contributed by atoms with Gasteiger partial charge in [0.2, 0.25) is 0 Å². The third-order valence-corrected chi connectivity index (χ3v) is 3.07. The summed E-state index contributed by atoms with van der Waals surface area (Å²) in [7, 11) is 0. The predicted molar refractivity (Wildman–Crippen MR) is 84.6 cm³/mol. The van der Waals surface area contributed by atoms with Crippen LogP contribution in [0.4, 0.5) is 5.82 Å². The first-order chi connectivity index (χ1) is 10.2. The van der Waals surface area contributed by atoms with Crippen molar-refractivity contribution in [2.45, 2.75) is 13.3 Å². The number of imidazole rings is 1. The first-order valence-corrected chi connectivity index (χ1v) is 6.91. The van der Waals surface area contributed by atoms with E-state index in [1.54, 1.807) is 6.08 Å². The maximum absolute atomic E-state index is 10.8. The minimum absolute atomic E-state index is 0.672. The van der Waals surface area contributed by atoms with Gasteiger partial charge in [0.25, 0.3) is 0 Å². The molecule has 0 bridgehead atoms. The molecule has 0 saturated heterocycles. The first-order valence-electron chi connectivity index (χ1n) is 6.91. The van der Waals surface area contributed by atoms with Crippen molar-refractivity contribution in [3.8, 4) is 0 Å². The van der Waals surface area contributed by atoms with Gasteiger partial charge in [-0.25, -0.2) is 9.78 Å². The largest absolute Gasteiger partial charge is 0.478 e. The van der Waals surface area contributed by atoms with Gasteiger partial charge in [0.15, 0.2) is 5.82 Å². The van der Waals surface area contributed by atoms with Crippen molar-refractivity contribution >= 4 is 23.5 Å². The van der Waals surface area contributed by atoms with Gasteiger partial charge in [-0.15, -0.1) is 6.58 Å². The third-order valence-electron chi connectivity index (χ3n) is 3.07. The van der Waals surface area contributed by atoms with E-state index in [4.69, 9.17) is 5.11 Å². The molecular weight excluding hydrogens is 266 g/mol. The number of aliphatic carboxylic acids is 1. The topological polar surface area (TPSA) is 57.8 Å². The second kappa shape index (κ2) is 6.74. The van der Waals surface area contributed by atoms with Gasteiger partial charge < -0.3 is 10.0 Å². The molecule has 2 aromatic rings. The summed E-state index contributed by atoms with van der Waals surface area (Å²) in [4.78, 5) is 17.5. The summed E-state index contributed by atoms with van der Waals surface area (Å²) in [6.07, 6.45) is 7.40. The molecule has 0 saturated carbocycles. The fraction of sp³-hybridized carbons (Fsp3) is 0.250. The lowest BCUT2D eigenvalue weighted by molar-refractivity contribution is -0.131. The molecule has 2 rings (SSSR count). The highest BCUT2D eigenvalue weighted by molar-refractivity contribution is 5.86. The van der Waals surface area contributed by atoms with Crippen molar-refractivity contribution in [3.05, 3.63) is 48.8 Å². The normalized spacial score (nSPS) is 11.1. The minimum atomic E-state index is -0.974. The van der Waals surface area contributed by atoms with Crippen LogP contribution in [0.15, 0.2) is 43.1 Å². The summed E-state index contributed by atoms with van der Waals surface area (Å²) < 4.78 is 1.89. The van der Waals surface area contributed by atoms with Crippen molar-refractivity contribution in [3.63, 3.8) is 0 Å². The van der Waals surface area contributed by atoms with Crippen molar-refractivity contribution < 1.29 is 9.90 Å². The number of carboxylic acids is 1. The molecule has 5 heteroatoms. The lowest BCUT2D eigenvalue weighted by atomic mass is 10.3. The highest BCUT2D eigenvalue weighted by Gasteiger charge is 2.15. The molecule has 0 aromatic carbocycles. The molecule has 0 amide bonds. The minimum Gasteiger partial charge on any atom is -0.478 e. The lowest BCUT2D eigenvalue weighted by Crippen LogP contribution is -2.25. The number of hydrogen-bond donors (Lipinski definition) is 1. The van der Waals surface area contributed by atoms with Gasteiger partial charge in [0.1, 0.15) is 5.65 Å². The number of carboxylic acid groups (broad SMARTS) is 1. The maximum Gasteiger partial charge on any atom is 0.328 e. The monoisotopic (exact) mass is 285 g/mol. The molecule has 0 aliphatic rings. The summed E-state index contributed by atoms with van der Waals surface area (Å²) in [5.74, 6) is -0.196. The van der Waals surface area contributed by atoms with Crippen LogP contribution < -0.4 is 4.90 Å². The van der Waals surface area contributed by atoms with Crippen molar-refractivity contribution in [2.75, 3.05) is 18.0 Å². The Hall–Kier alpha value is -2.56. The van der Waals surface area contributed by atoms with Crippen LogP contribution in [-0.2, 0) is 4.79 Å². The van der Waals surface area contributed by atoms with Crippen LogP contribution in [-0.4, -0.2) is 33.6 Å².